The molecule has 1 aliphatic heterocycles. The van der Waals surface area contributed by atoms with Gasteiger partial charge in [-0.25, -0.2) is 0 Å². The van der Waals surface area contributed by atoms with E-state index >= 15 is 0 Å². The summed E-state index contributed by atoms with van der Waals surface area (Å²) in [7, 11) is 3.34. The zero-order chi connectivity index (χ0) is 13.7. The van der Waals surface area contributed by atoms with Crippen LogP contribution in [0.2, 0.25) is 0 Å². The van der Waals surface area contributed by atoms with Crippen LogP contribution in [0.15, 0.2) is 12.1 Å². The normalized spacial score (nSPS) is 18.4. The first-order valence-electron chi connectivity index (χ1n) is 6.89. The third kappa shape index (κ3) is 3.32. The number of ether oxygens (including phenoxy) is 3. The van der Waals surface area contributed by atoms with Crippen molar-refractivity contribution in [2.24, 2.45) is 0 Å². The van der Waals surface area contributed by atoms with E-state index in [9.17, 15) is 0 Å². The van der Waals surface area contributed by atoms with Crippen LogP contribution in [-0.4, -0.2) is 33.4 Å². The smallest absolute Gasteiger partial charge is 0.164 e. The number of hydrogen-bond donors (Lipinski definition) is 1. The minimum atomic E-state index is 0.539. The molecule has 106 valence electrons. The Labute approximate surface area is 115 Å². The van der Waals surface area contributed by atoms with Gasteiger partial charge < -0.3 is 19.5 Å². The number of methoxy groups -OCH3 is 2. The third-order valence-corrected chi connectivity index (χ3v) is 3.50. The molecule has 0 bridgehead atoms. The molecule has 1 fully saturated rings. The Hall–Kier alpha value is -1.42. The summed E-state index contributed by atoms with van der Waals surface area (Å²) in [6, 6.07) is 4.49. The molecule has 1 saturated heterocycles. The van der Waals surface area contributed by atoms with Crippen molar-refractivity contribution in [3.8, 4) is 17.2 Å². The fraction of sp³-hybridized carbons (Fsp3) is 0.600. The Balaban J connectivity index is 2.25. The van der Waals surface area contributed by atoms with Gasteiger partial charge in [0.25, 0.3) is 0 Å². The molecular formula is C15H23NO3. The second kappa shape index (κ2) is 6.66. The van der Waals surface area contributed by atoms with E-state index in [1.807, 2.05) is 19.1 Å². The Morgan fingerprint density at radius 3 is 2.53 bits per heavy atom. The van der Waals surface area contributed by atoms with Gasteiger partial charge in [-0.15, -0.1) is 0 Å². The predicted octanol–water partition coefficient (Wildman–Crippen LogP) is 2.40. The van der Waals surface area contributed by atoms with Gasteiger partial charge in [-0.05, 0) is 44.4 Å². The van der Waals surface area contributed by atoms with Crippen LogP contribution < -0.4 is 19.5 Å². The van der Waals surface area contributed by atoms with Crippen LogP contribution in [0.5, 0.6) is 17.2 Å². The topological polar surface area (TPSA) is 39.7 Å². The second-order valence-electron chi connectivity index (χ2n) is 4.75. The van der Waals surface area contributed by atoms with Gasteiger partial charge in [0.15, 0.2) is 11.5 Å². The first-order chi connectivity index (χ1) is 9.28. The maximum atomic E-state index is 5.63. The molecule has 2 rings (SSSR count). The van der Waals surface area contributed by atoms with E-state index in [1.54, 1.807) is 14.2 Å². The highest BCUT2D eigenvalue weighted by atomic mass is 16.5. The van der Waals surface area contributed by atoms with Crippen molar-refractivity contribution in [1.82, 2.24) is 5.32 Å². The zero-order valence-electron chi connectivity index (χ0n) is 12.0. The number of benzene rings is 1. The van der Waals surface area contributed by atoms with Crippen molar-refractivity contribution >= 4 is 0 Å². The number of rotatable bonds is 6. The molecule has 1 aromatic rings. The molecule has 0 spiro atoms. The molecule has 4 nitrogen and oxygen atoms in total. The molecule has 1 N–H and O–H groups in total. The van der Waals surface area contributed by atoms with Gasteiger partial charge in [0.2, 0.25) is 0 Å². The molecule has 0 saturated carbocycles. The third-order valence-electron chi connectivity index (χ3n) is 3.50. The van der Waals surface area contributed by atoms with E-state index in [0.29, 0.717) is 12.6 Å². The highest BCUT2D eigenvalue weighted by Crippen LogP contribution is 2.35. The van der Waals surface area contributed by atoms with Gasteiger partial charge in [0.05, 0.1) is 20.8 Å². The highest BCUT2D eigenvalue weighted by Gasteiger charge is 2.19. The first kappa shape index (κ1) is 14.0. The van der Waals surface area contributed by atoms with E-state index in [4.69, 9.17) is 14.2 Å². The molecule has 0 radical (unpaired) electrons. The zero-order valence-corrected chi connectivity index (χ0v) is 12.0. The maximum Gasteiger partial charge on any atom is 0.164 e. The summed E-state index contributed by atoms with van der Waals surface area (Å²) in [6.45, 7) is 3.72. The van der Waals surface area contributed by atoms with Gasteiger partial charge in [-0.2, -0.15) is 0 Å². The lowest BCUT2D eigenvalue weighted by Crippen LogP contribution is -2.23. The van der Waals surface area contributed by atoms with Crippen molar-refractivity contribution in [3.05, 3.63) is 17.7 Å². The van der Waals surface area contributed by atoms with Crippen LogP contribution in [0.3, 0.4) is 0 Å². The van der Waals surface area contributed by atoms with Crippen molar-refractivity contribution in [3.63, 3.8) is 0 Å². The van der Waals surface area contributed by atoms with Gasteiger partial charge in [0, 0.05) is 12.1 Å². The maximum absolute atomic E-state index is 5.63. The van der Waals surface area contributed by atoms with E-state index in [-0.39, 0.29) is 0 Å². The predicted molar refractivity (Wildman–Crippen MR) is 75.4 cm³/mol. The van der Waals surface area contributed by atoms with Crippen LogP contribution in [0, 0.1) is 0 Å². The Kier molecular flexibility index (Phi) is 4.91. The van der Waals surface area contributed by atoms with Crippen molar-refractivity contribution in [2.45, 2.75) is 32.2 Å². The summed E-state index contributed by atoms with van der Waals surface area (Å²) in [5, 5.41) is 3.51. The average molecular weight is 265 g/mol. The lowest BCUT2D eigenvalue weighted by atomic mass is 10.0. The van der Waals surface area contributed by atoms with Gasteiger partial charge >= 0.3 is 0 Å². The number of hydrogen-bond acceptors (Lipinski definition) is 4. The van der Waals surface area contributed by atoms with E-state index in [0.717, 1.165) is 30.2 Å². The lowest BCUT2D eigenvalue weighted by molar-refractivity contribution is 0.307. The molecule has 1 heterocycles. The molecule has 1 aliphatic rings. The molecule has 19 heavy (non-hydrogen) atoms. The second-order valence-corrected chi connectivity index (χ2v) is 4.75. The van der Waals surface area contributed by atoms with Crippen molar-refractivity contribution in [1.29, 1.82) is 0 Å². The molecule has 0 aromatic heterocycles. The summed E-state index contributed by atoms with van der Waals surface area (Å²) in [5.41, 5.74) is 1.17. The largest absolute Gasteiger partial charge is 0.496 e. The van der Waals surface area contributed by atoms with Crippen LogP contribution in [0.25, 0.3) is 0 Å². The van der Waals surface area contributed by atoms with Gasteiger partial charge in [0.1, 0.15) is 5.75 Å². The van der Waals surface area contributed by atoms with Gasteiger partial charge in [-0.3, -0.25) is 0 Å². The van der Waals surface area contributed by atoms with Crippen LogP contribution in [-0.2, 0) is 6.42 Å². The average Bonchev–Trinajstić information content (AvgIpc) is 2.92. The van der Waals surface area contributed by atoms with Crippen molar-refractivity contribution in [2.75, 3.05) is 27.4 Å². The van der Waals surface area contributed by atoms with Crippen molar-refractivity contribution < 1.29 is 14.2 Å². The van der Waals surface area contributed by atoms with Gasteiger partial charge in [-0.1, -0.05) is 0 Å². The Morgan fingerprint density at radius 1 is 1.16 bits per heavy atom. The van der Waals surface area contributed by atoms with E-state index in [1.165, 1.54) is 18.4 Å². The standard InChI is InChI=1S/C15H23NO3/c1-4-19-15-9-11(8-12-6-5-7-16-12)13(17-2)10-14(15)18-3/h9-10,12,16H,4-8H2,1-3H3. The summed E-state index contributed by atoms with van der Waals surface area (Å²) in [4.78, 5) is 0. The van der Waals surface area contributed by atoms with Crippen LogP contribution in [0.1, 0.15) is 25.3 Å². The quantitative estimate of drug-likeness (QED) is 0.857. The first-order valence-corrected chi connectivity index (χ1v) is 6.89. The Morgan fingerprint density at radius 2 is 1.95 bits per heavy atom. The molecule has 0 aliphatic carbocycles. The monoisotopic (exact) mass is 265 g/mol. The molecule has 1 aromatic carbocycles. The molecule has 0 amide bonds. The fourth-order valence-corrected chi connectivity index (χ4v) is 2.56. The SMILES string of the molecule is CCOc1cc(CC2CCCN2)c(OC)cc1OC. The molecular weight excluding hydrogens is 242 g/mol. The lowest BCUT2D eigenvalue weighted by Gasteiger charge is -2.17. The summed E-state index contributed by atoms with van der Waals surface area (Å²) < 4.78 is 16.4. The molecule has 1 unspecified atom stereocenters. The number of nitrogens with one attached hydrogen (secondary N) is 1. The van der Waals surface area contributed by atoms with E-state index in [2.05, 4.69) is 5.32 Å². The minimum absolute atomic E-state index is 0.539. The van der Waals surface area contributed by atoms with Crippen LogP contribution in [0.4, 0.5) is 0 Å². The highest BCUT2D eigenvalue weighted by molar-refractivity contribution is 5.51. The summed E-state index contributed by atoms with van der Waals surface area (Å²) in [6.07, 6.45) is 3.44. The van der Waals surface area contributed by atoms with Crippen LogP contribution >= 0.6 is 0 Å². The summed E-state index contributed by atoms with van der Waals surface area (Å²) in [5.74, 6) is 2.38. The van der Waals surface area contributed by atoms with E-state index < -0.39 is 0 Å². The molecule has 1 atom stereocenters. The molecule has 4 heteroatoms. The summed E-state index contributed by atoms with van der Waals surface area (Å²) >= 11 is 0. The fourth-order valence-electron chi connectivity index (χ4n) is 2.56. The Bertz CT molecular complexity index is 414. The minimum Gasteiger partial charge on any atom is -0.496 e.